The van der Waals surface area contributed by atoms with Gasteiger partial charge in [0.05, 0.1) is 20.1 Å². The summed E-state index contributed by atoms with van der Waals surface area (Å²) < 4.78 is 222. The zero-order chi connectivity index (χ0) is 27.6. The molecule has 2 nitrogen and oxygen atoms in total. The predicted molar refractivity (Wildman–Crippen MR) is 77.3 cm³/mol. The Bertz CT molecular complexity index is 644. The molecule has 204 valence electrons. The molecule has 1 saturated heterocycles. The van der Waals surface area contributed by atoms with E-state index in [2.05, 4.69) is 11.9 Å². The van der Waals surface area contributed by atoms with E-state index in [4.69, 9.17) is 11.6 Å². The van der Waals surface area contributed by atoms with Crippen molar-refractivity contribution in [2.75, 3.05) is 27.2 Å². The van der Waals surface area contributed by atoms with Gasteiger partial charge in [-0.3, -0.25) is 0 Å². The molecular weight excluding hydrogens is 569 g/mol. The molecule has 0 aromatic carbocycles. The zero-order valence-electron chi connectivity index (χ0n) is 15.6. The second-order valence-electron chi connectivity index (χ2n) is 6.82. The summed E-state index contributed by atoms with van der Waals surface area (Å²) in [6.45, 7) is -12.7. The summed E-state index contributed by atoms with van der Waals surface area (Å²) in [6, 6.07) is 0. The molecule has 2 atom stereocenters. The molecule has 1 rings (SSSR count). The van der Waals surface area contributed by atoms with E-state index >= 15 is 0 Å². The summed E-state index contributed by atoms with van der Waals surface area (Å²) in [5.41, 5.74) is -29.1. The molecule has 1 heterocycles. The van der Waals surface area contributed by atoms with Crippen molar-refractivity contribution in [2.24, 2.45) is 0 Å². The number of nitrogens with zero attached hydrogens (tertiary/aromatic N) is 1. The molecule has 1 N–H and O–H groups in total. The number of rotatable bonds is 3. The third-order valence-electron chi connectivity index (χ3n) is 4.47. The molecule has 1 aliphatic rings. The molecular formula is C11H12ClF18N2P. The van der Waals surface area contributed by atoms with Crippen molar-refractivity contribution in [1.82, 2.24) is 4.90 Å². The quantitative estimate of drug-likeness (QED) is 0.182. The molecule has 0 aliphatic carbocycles. The van der Waals surface area contributed by atoms with E-state index < -0.39 is 42.4 Å². The first-order valence-electron chi connectivity index (χ1n) is 7.64. The van der Waals surface area contributed by atoms with Crippen LogP contribution in [0.1, 0.15) is 0 Å². The molecule has 0 spiro atoms. The number of quaternary nitrogens is 1. The fourth-order valence-electron chi connectivity index (χ4n) is 2.30. The number of likely N-dealkylation sites (N-methyl/N-ethyl adjacent to an activating group) is 2. The Kier molecular flexibility index (Phi) is 7.54. The van der Waals surface area contributed by atoms with Gasteiger partial charge in [0, 0.05) is 0 Å². The van der Waals surface area contributed by atoms with Gasteiger partial charge in [0.25, 0.3) is 0 Å². The van der Waals surface area contributed by atoms with Crippen LogP contribution in [0.15, 0.2) is 0 Å². The molecule has 0 saturated carbocycles. The molecule has 0 aromatic rings. The van der Waals surface area contributed by atoms with Crippen molar-refractivity contribution in [3.05, 3.63) is 0 Å². The molecule has 22 heteroatoms. The normalized spacial score (nSPS) is 24.6. The summed E-state index contributed by atoms with van der Waals surface area (Å²) in [4.78, 5) is 3.55. The predicted octanol–water partition coefficient (Wildman–Crippen LogP) is 6.16. The zero-order valence-corrected chi connectivity index (χ0v) is 17.2. The monoisotopic (exact) mass is 580 g/mol. The number of hydrogen-bond donors (Lipinski definition) is 1. The van der Waals surface area contributed by atoms with Gasteiger partial charge in [-0.25, -0.2) is 4.90 Å². The molecule has 33 heavy (non-hydrogen) atoms. The van der Waals surface area contributed by atoms with Crippen molar-refractivity contribution >= 4 is 18.5 Å². The van der Waals surface area contributed by atoms with E-state index in [1.54, 1.807) is 0 Å². The van der Waals surface area contributed by atoms with Gasteiger partial charge in [-0.1, -0.05) is 0 Å². The molecule has 2 unspecified atom stereocenters. The Hall–Kier alpha value is -0.620. The van der Waals surface area contributed by atoms with Crippen LogP contribution < -0.4 is 4.90 Å². The fourth-order valence-corrected chi connectivity index (χ4v) is 5.19. The second-order valence-corrected chi connectivity index (χ2v) is 11.5. The number of hydrogen-bond acceptors (Lipinski definition) is 1. The van der Waals surface area contributed by atoms with E-state index in [-0.39, 0.29) is 5.62 Å². The minimum atomic E-state index is -15.0. The van der Waals surface area contributed by atoms with E-state index in [0.29, 0.717) is 0 Å². The molecule has 1 fully saturated rings. The topological polar surface area (TPSA) is 7.68 Å². The molecule has 0 radical (unpaired) electrons. The molecule has 0 aromatic heterocycles. The summed E-state index contributed by atoms with van der Waals surface area (Å²) in [5, 5.41) is 0. The van der Waals surface area contributed by atoms with Gasteiger partial charge in [0.15, 0.2) is 0 Å². The SMILES string of the molecule is CN1CC[NH+](C)C1Cl.FC(F)(F)C(F)(F)[P-](F)(F)(F)(C(F)(F)C(F)(F)F)C(F)(F)C(F)(F)F. The van der Waals surface area contributed by atoms with E-state index in [1.165, 1.54) is 11.4 Å². The average Bonchev–Trinajstić information content (AvgIpc) is 2.83. The Labute approximate surface area is 176 Å². The maximum absolute atomic E-state index is 15.0. The van der Waals surface area contributed by atoms with Gasteiger partial charge in [-0.2, -0.15) is 0 Å². The van der Waals surface area contributed by atoms with Crippen LogP contribution in [0, 0.1) is 0 Å². The third kappa shape index (κ3) is 3.80. The summed E-state index contributed by atoms with van der Waals surface area (Å²) >= 11 is 5.90. The van der Waals surface area contributed by atoms with Crippen molar-refractivity contribution < 1.29 is 83.3 Å². The van der Waals surface area contributed by atoms with Crippen LogP contribution >= 0.6 is 18.5 Å². The van der Waals surface area contributed by atoms with Gasteiger partial charge in [-0.15, -0.1) is 0 Å². The first-order chi connectivity index (χ1) is 13.8. The Balaban J connectivity index is 0.00000106. The van der Waals surface area contributed by atoms with E-state index in [0.717, 1.165) is 6.54 Å². The standard InChI is InChI=1S/C6F18P.C5H11ClN2/c7-1(8,9)4(16,17)25(22,23,24,5(18,19)2(10,11)12)6(20,21)3(13,14)15;1-7-3-4-8(2)5(7)6/h;5H,3-4H2,1-2H3/q-1;/p+1. The third-order valence-corrected chi connectivity index (χ3v) is 9.54. The van der Waals surface area contributed by atoms with Crippen LogP contribution in [0.4, 0.5) is 78.4 Å². The van der Waals surface area contributed by atoms with Gasteiger partial charge in [0.1, 0.15) is 0 Å². The van der Waals surface area contributed by atoms with Crippen molar-refractivity contribution in [2.45, 2.75) is 41.1 Å². The van der Waals surface area contributed by atoms with Crippen molar-refractivity contribution in [3.63, 3.8) is 0 Å². The van der Waals surface area contributed by atoms with Crippen LogP contribution in [0.2, 0.25) is 0 Å². The summed E-state index contributed by atoms with van der Waals surface area (Å²) in [6.07, 6.45) is -26.1. The summed E-state index contributed by atoms with van der Waals surface area (Å²) in [7, 11) is 4.16. The maximum atomic E-state index is 13.4. The average molecular weight is 581 g/mol. The van der Waals surface area contributed by atoms with Gasteiger partial charge in [-0.05, 0) is 18.6 Å². The minimum absolute atomic E-state index is 0.204. The first-order valence-corrected chi connectivity index (χ1v) is 10.4. The van der Waals surface area contributed by atoms with Crippen LogP contribution in [0.5, 0.6) is 0 Å². The first kappa shape index (κ1) is 32.4. The van der Waals surface area contributed by atoms with Crippen LogP contribution in [0.3, 0.4) is 0 Å². The number of alkyl halides is 16. The van der Waals surface area contributed by atoms with Gasteiger partial charge < -0.3 is 4.90 Å². The van der Waals surface area contributed by atoms with Crippen LogP contribution in [-0.2, 0) is 0 Å². The Morgan fingerprint density at radius 2 is 0.909 bits per heavy atom. The molecule has 1 aliphatic heterocycles. The van der Waals surface area contributed by atoms with Crippen molar-refractivity contribution in [1.29, 1.82) is 0 Å². The Morgan fingerprint density at radius 1 is 0.667 bits per heavy atom. The summed E-state index contributed by atoms with van der Waals surface area (Å²) in [5.74, 6) is 0. The second kappa shape index (κ2) is 7.69. The molecule has 0 amide bonds. The van der Waals surface area contributed by atoms with Crippen molar-refractivity contribution in [3.8, 4) is 0 Å². The van der Waals surface area contributed by atoms with Gasteiger partial charge in [0.2, 0.25) is 5.62 Å². The number of halogens is 19. The van der Waals surface area contributed by atoms with Crippen LogP contribution in [0.25, 0.3) is 0 Å². The molecule has 0 bridgehead atoms. The van der Waals surface area contributed by atoms with E-state index in [9.17, 15) is 78.4 Å². The number of nitrogens with one attached hydrogen (secondary N) is 1. The van der Waals surface area contributed by atoms with Crippen LogP contribution in [-0.4, -0.2) is 73.2 Å². The fraction of sp³-hybridized carbons (Fsp3) is 1.00. The van der Waals surface area contributed by atoms with Gasteiger partial charge >= 0.3 is 121 Å². The Morgan fingerprint density at radius 3 is 1.00 bits per heavy atom. The van der Waals surface area contributed by atoms with E-state index in [1.807, 2.05) is 7.05 Å².